The van der Waals surface area contributed by atoms with Crippen molar-refractivity contribution in [1.29, 1.82) is 0 Å². The Bertz CT molecular complexity index is 1880. The molecule has 10 heteroatoms. The summed E-state index contributed by atoms with van der Waals surface area (Å²) in [7, 11) is 3.23. The summed E-state index contributed by atoms with van der Waals surface area (Å²) in [5.74, 6) is 1.40. The van der Waals surface area contributed by atoms with Crippen molar-refractivity contribution in [2.45, 2.75) is 54.1 Å². The summed E-state index contributed by atoms with van der Waals surface area (Å²) in [4.78, 5) is 22.2. The van der Waals surface area contributed by atoms with Gasteiger partial charge in [-0.15, -0.1) is 9.81 Å². The minimum Gasteiger partial charge on any atom is -0.502 e. The molecule has 0 unspecified atom stereocenters. The fraction of sp³-hybridized carbons (Fsp3) is 0.294. The summed E-state index contributed by atoms with van der Waals surface area (Å²) in [5, 5.41) is 28.1. The van der Waals surface area contributed by atoms with Crippen LogP contribution in [0.3, 0.4) is 0 Å². The summed E-state index contributed by atoms with van der Waals surface area (Å²) in [5.41, 5.74) is 6.93. The number of aryl methyl sites for hydroxylation is 5. The third-order valence-electron chi connectivity index (χ3n) is 7.64. The Hall–Kier alpha value is -5.12. The first kappa shape index (κ1) is 31.8. The lowest BCUT2D eigenvalue weighted by molar-refractivity contribution is 0.291. The molecule has 0 saturated carbocycles. The maximum atomic E-state index is 11.2. The number of fused-ring (bicyclic) bond motifs is 2. The van der Waals surface area contributed by atoms with Crippen LogP contribution >= 0.6 is 0 Å². The number of methoxy groups -OCH3 is 2. The van der Waals surface area contributed by atoms with E-state index in [-0.39, 0.29) is 23.1 Å². The second-order valence-electron chi connectivity index (χ2n) is 10.9. The van der Waals surface area contributed by atoms with E-state index in [1.165, 1.54) is 0 Å². The Morgan fingerprint density at radius 2 is 1.36 bits per heavy atom. The molecule has 44 heavy (non-hydrogen) atoms. The number of nitrogens with zero attached hydrogens (tertiary/aromatic N) is 4. The molecule has 0 saturated heterocycles. The normalized spacial score (nSPS) is 11.4. The molecule has 0 radical (unpaired) electrons. The molecule has 0 atom stereocenters. The number of rotatable bonds is 9. The number of aromatic hydroxyl groups is 2. The summed E-state index contributed by atoms with van der Waals surface area (Å²) >= 11 is 0. The van der Waals surface area contributed by atoms with Crippen molar-refractivity contribution in [2.24, 2.45) is 10.4 Å². The van der Waals surface area contributed by atoms with Crippen LogP contribution in [0.1, 0.15) is 41.2 Å². The van der Waals surface area contributed by atoms with Gasteiger partial charge in [0.25, 0.3) is 0 Å². The molecule has 0 aliphatic rings. The zero-order chi connectivity index (χ0) is 32.1. The molecule has 0 spiro atoms. The van der Waals surface area contributed by atoms with Gasteiger partial charge in [0, 0.05) is 17.3 Å². The molecule has 0 amide bonds. The zero-order valence-corrected chi connectivity index (χ0v) is 26.1. The van der Waals surface area contributed by atoms with Gasteiger partial charge >= 0.3 is 0 Å². The Balaban J connectivity index is 0.000000202. The highest BCUT2D eigenvalue weighted by atomic mass is 16.5. The SMILES string of the molecule is CO/C(C)=C/CCn1c(O)c(N=O)c2cc(C)cc(C)c21.COc1cccc(Cn2c(O)c(N=O)c3cc(C)cc(C)c32)c1. The fourth-order valence-corrected chi connectivity index (χ4v) is 5.69. The average Bonchev–Trinajstić information content (AvgIpc) is 3.41. The molecule has 230 valence electrons. The highest BCUT2D eigenvalue weighted by Gasteiger charge is 2.20. The van der Waals surface area contributed by atoms with Crippen LogP contribution in [0.5, 0.6) is 17.5 Å². The topological polar surface area (TPSA) is 128 Å². The molecule has 0 bridgehead atoms. The van der Waals surface area contributed by atoms with Crippen molar-refractivity contribution in [3.63, 3.8) is 0 Å². The highest BCUT2D eigenvalue weighted by Crippen LogP contribution is 2.42. The Labute approximate surface area is 256 Å². The third-order valence-corrected chi connectivity index (χ3v) is 7.64. The van der Waals surface area contributed by atoms with Gasteiger partial charge in [-0.05, 0) is 98.4 Å². The maximum Gasteiger partial charge on any atom is 0.222 e. The average molecular weight is 599 g/mol. The number of hydrogen-bond acceptors (Lipinski definition) is 8. The van der Waals surface area contributed by atoms with E-state index >= 15 is 0 Å². The predicted octanol–water partition coefficient (Wildman–Crippen LogP) is 8.72. The van der Waals surface area contributed by atoms with Gasteiger partial charge in [0.15, 0.2) is 11.4 Å². The summed E-state index contributed by atoms with van der Waals surface area (Å²) in [6.45, 7) is 10.7. The molecule has 5 rings (SSSR count). The van der Waals surface area contributed by atoms with Gasteiger partial charge in [-0.3, -0.25) is 0 Å². The van der Waals surface area contributed by atoms with Gasteiger partial charge in [0.1, 0.15) is 5.75 Å². The van der Waals surface area contributed by atoms with Crippen molar-refractivity contribution < 1.29 is 19.7 Å². The largest absolute Gasteiger partial charge is 0.502 e. The van der Waals surface area contributed by atoms with Gasteiger partial charge in [-0.25, -0.2) is 0 Å². The number of aromatic nitrogens is 2. The van der Waals surface area contributed by atoms with Crippen LogP contribution in [0.25, 0.3) is 21.8 Å². The van der Waals surface area contributed by atoms with E-state index in [1.807, 2.05) is 89.2 Å². The van der Waals surface area contributed by atoms with E-state index in [2.05, 4.69) is 10.4 Å². The Kier molecular flexibility index (Phi) is 9.73. The first-order valence-electron chi connectivity index (χ1n) is 14.2. The van der Waals surface area contributed by atoms with Gasteiger partial charge in [0.05, 0.1) is 37.6 Å². The molecular formula is C34H38N4O6. The van der Waals surface area contributed by atoms with E-state index in [0.717, 1.165) is 50.4 Å². The van der Waals surface area contributed by atoms with E-state index in [1.54, 1.807) is 23.4 Å². The van der Waals surface area contributed by atoms with Crippen LogP contribution in [0.15, 0.2) is 70.7 Å². The standard InChI is InChI=1S/C18H18N2O3.C16H20N2O3/c1-11-7-12(2)17-15(8-11)16(19-22)18(21)20(17)10-13-5-4-6-14(9-13)23-3;1-10-8-11(2)15-13(9-10)14(17-20)16(19)18(15)7-5-6-12(3)21-4/h4-9,21H,10H2,1-3H3;6,8-9,19H,5,7H2,1-4H3/b;12-6+. The van der Waals surface area contributed by atoms with Crippen molar-refractivity contribution in [3.8, 4) is 17.5 Å². The molecule has 5 aromatic rings. The van der Waals surface area contributed by atoms with Crippen LogP contribution in [-0.2, 0) is 17.8 Å². The van der Waals surface area contributed by atoms with Gasteiger partial charge < -0.3 is 28.8 Å². The van der Waals surface area contributed by atoms with Crippen LogP contribution in [0, 0.1) is 37.5 Å². The lowest BCUT2D eigenvalue weighted by Crippen LogP contribution is -2.00. The molecule has 2 aromatic heterocycles. The van der Waals surface area contributed by atoms with Crippen LogP contribution < -0.4 is 4.74 Å². The van der Waals surface area contributed by atoms with Crippen LogP contribution in [0.2, 0.25) is 0 Å². The van der Waals surface area contributed by atoms with Gasteiger partial charge in [-0.1, -0.05) is 35.4 Å². The highest BCUT2D eigenvalue weighted by molar-refractivity contribution is 5.98. The minimum absolute atomic E-state index is 0.0721. The quantitative estimate of drug-likeness (QED) is 0.129. The second-order valence-corrected chi connectivity index (χ2v) is 10.9. The van der Waals surface area contributed by atoms with E-state index in [0.29, 0.717) is 30.3 Å². The van der Waals surface area contributed by atoms with Crippen LogP contribution in [-0.4, -0.2) is 33.6 Å². The Morgan fingerprint density at radius 1 is 0.818 bits per heavy atom. The minimum atomic E-state index is -0.105. The van der Waals surface area contributed by atoms with Gasteiger partial charge in [-0.2, -0.15) is 0 Å². The third kappa shape index (κ3) is 6.29. The molecule has 0 fully saturated rings. The maximum absolute atomic E-state index is 11.2. The molecule has 0 aliphatic carbocycles. The lowest BCUT2D eigenvalue weighted by Gasteiger charge is -2.10. The lowest BCUT2D eigenvalue weighted by atomic mass is 10.1. The zero-order valence-electron chi connectivity index (χ0n) is 26.1. The van der Waals surface area contributed by atoms with E-state index in [4.69, 9.17) is 9.47 Å². The first-order valence-corrected chi connectivity index (χ1v) is 14.2. The fourth-order valence-electron chi connectivity index (χ4n) is 5.69. The van der Waals surface area contributed by atoms with Gasteiger partial charge in [0.2, 0.25) is 11.8 Å². The van der Waals surface area contributed by atoms with Crippen molar-refractivity contribution >= 4 is 33.2 Å². The van der Waals surface area contributed by atoms with Crippen molar-refractivity contribution in [1.82, 2.24) is 9.13 Å². The van der Waals surface area contributed by atoms with Crippen molar-refractivity contribution in [2.75, 3.05) is 14.2 Å². The molecule has 3 aromatic carbocycles. The van der Waals surface area contributed by atoms with Crippen molar-refractivity contribution in [3.05, 3.63) is 98.0 Å². The smallest absolute Gasteiger partial charge is 0.222 e. The van der Waals surface area contributed by atoms with E-state index < -0.39 is 0 Å². The predicted molar refractivity (Wildman–Crippen MR) is 175 cm³/mol. The summed E-state index contributed by atoms with van der Waals surface area (Å²) < 4.78 is 13.8. The number of allylic oxidation sites excluding steroid dienone is 2. The van der Waals surface area contributed by atoms with E-state index in [9.17, 15) is 20.0 Å². The van der Waals surface area contributed by atoms with Crippen LogP contribution in [0.4, 0.5) is 11.4 Å². The number of nitroso groups, excluding NO2 is 2. The molecule has 2 N–H and O–H groups in total. The molecule has 10 nitrogen and oxygen atoms in total. The molecule has 2 heterocycles. The Morgan fingerprint density at radius 3 is 1.89 bits per heavy atom. The monoisotopic (exact) mass is 598 g/mol. The molecule has 0 aliphatic heterocycles. The first-order chi connectivity index (χ1) is 21.0. The second kappa shape index (κ2) is 13.5. The number of ether oxygens (including phenoxy) is 2. The number of benzene rings is 3. The molecular weight excluding hydrogens is 560 g/mol. The summed E-state index contributed by atoms with van der Waals surface area (Å²) in [6, 6.07) is 15.4. The summed E-state index contributed by atoms with van der Waals surface area (Å²) in [6.07, 6.45) is 2.64. The number of hydrogen-bond donors (Lipinski definition) is 2.